The van der Waals surface area contributed by atoms with Crippen LogP contribution in [0.4, 0.5) is 0 Å². The second-order valence-corrected chi connectivity index (χ2v) is 5.11. The molecule has 96 valence electrons. The summed E-state index contributed by atoms with van der Waals surface area (Å²) in [5, 5.41) is 0. The summed E-state index contributed by atoms with van der Waals surface area (Å²) >= 11 is 0. The van der Waals surface area contributed by atoms with Gasteiger partial charge in [0.25, 0.3) is 11.1 Å². The first kappa shape index (κ1) is 14.7. The average Bonchev–Trinajstić information content (AvgIpc) is 2.42. The summed E-state index contributed by atoms with van der Waals surface area (Å²) in [7, 11) is 2.53. The van der Waals surface area contributed by atoms with Gasteiger partial charge in [-0.3, -0.25) is 9.59 Å². The molecule has 6 heteroatoms. The Hall–Kier alpha value is -1.40. The summed E-state index contributed by atoms with van der Waals surface area (Å²) in [6, 6.07) is 6.93. The topological polar surface area (TPSA) is 65.7 Å². The van der Waals surface area contributed by atoms with Gasteiger partial charge in [-0.1, -0.05) is 13.8 Å². The Labute approximate surface area is 113 Å². The summed E-state index contributed by atoms with van der Waals surface area (Å²) in [5.41, 5.74) is -0.292. The molecule has 0 radical (unpaired) electrons. The van der Waals surface area contributed by atoms with Crippen LogP contribution in [0.5, 0.6) is 0 Å². The van der Waals surface area contributed by atoms with Crippen molar-refractivity contribution in [3.8, 4) is 0 Å². The smallest absolute Gasteiger partial charge is 0.262 e. The minimum absolute atomic E-state index is 0.146. The molecule has 0 aliphatic rings. The fourth-order valence-corrected chi connectivity index (χ4v) is 3.08. The Kier molecular flexibility index (Phi) is 6.38. The zero-order valence-electron chi connectivity index (χ0n) is 10.1. The highest BCUT2D eigenvalue weighted by Gasteiger charge is 2.03. The predicted molar refractivity (Wildman–Crippen MR) is 77.2 cm³/mol. The van der Waals surface area contributed by atoms with Crippen LogP contribution in [0.2, 0.25) is 0 Å². The predicted octanol–water partition coefficient (Wildman–Crippen LogP) is 2.89. The minimum Gasteiger partial charge on any atom is -0.328 e. The molecule has 0 unspecified atom stereocenters. The van der Waals surface area contributed by atoms with Gasteiger partial charge in [0.15, 0.2) is 0 Å². The van der Waals surface area contributed by atoms with Crippen molar-refractivity contribution in [1.29, 1.82) is 0 Å². The maximum absolute atomic E-state index is 11.3. The van der Waals surface area contributed by atoms with E-state index < -0.39 is 0 Å². The fourth-order valence-electron chi connectivity index (χ4n) is 1.03. The molecule has 0 saturated carbocycles. The van der Waals surface area contributed by atoms with E-state index >= 15 is 0 Å². The standard InChI is InChI=1S/C10H8N2O2S2.C2H6/c13-9-7(3-1-5-11-9)15-16-8-4-2-6-12-10(8)14;1-2/h1-6H,(H,11,13)(H,12,14);1-2H3. The van der Waals surface area contributed by atoms with Crippen molar-refractivity contribution in [2.45, 2.75) is 23.6 Å². The van der Waals surface area contributed by atoms with Gasteiger partial charge < -0.3 is 9.97 Å². The number of nitrogens with one attached hydrogen (secondary N) is 2. The molecule has 0 saturated heterocycles. The molecule has 4 nitrogen and oxygen atoms in total. The van der Waals surface area contributed by atoms with Crippen molar-refractivity contribution in [3.63, 3.8) is 0 Å². The van der Waals surface area contributed by atoms with Gasteiger partial charge in [-0.25, -0.2) is 0 Å². The minimum atomic E-state index is -0.146. The molecule has 0 aromatic carbocycles. The molecule has 2 N–H and O–H groups in total. The van der Waals surface area contributed by atoms with Crippen molar-refractivity contribution >= 4 is 21.6 Å². The van der Waals surface area contributed by atoms with Crippen LogP contribution in [0, 0.1) is 0 Å². The normalized spacial score (nSPS) is 9.44. The molecule has 0 spiro atoms. The van der Waals surface area contributed by atoms with Gasteiger partial charge in [-0.05, 0) is 45.9 Å². The molecular formula is C12H14N2O2S2. The maximum Gasteiger partial charge on any atom is 0.262 e. The molecule has 2 aromatic heterocycles. The van der Waals surface area contributed by atoms with Gasteiger partial charge in [0.1, 0.15) is 0 Å². The number of H-pyrrole nitrogens is 2. The fraction of sp³-hybridized carbons (Fsp3) is 0.167. The third-order valence-corrected chi connectivity index (χ3v) is 4.20. The molecule has 2 rings (SSSR count). The van der Waals surface area contributed by atoms with Crippen molar-refractivity contribution in [2.75, 3.05) is 0 Å². The lowest BCUT2D eigenvalue weighted by molar-refractivity contribution is 1.14. The highest BCUT2D eigenvalue weighted by atomic mass is 33.1. The van der Waals surface area contributed by atoms with Crippen molar-refractivity contribution in [3.05, 3.63) is 57.4 Å². The third kappa shape index (κ3) is 4.12. The average molecular weight is 282 g/mol. The van der Waals surface area contributed by atoms with E-state index in [4.69, 9.17) is 0 Å². The quantitative estimate of drug-likeness (QED) is 0.850. The molecular weight excluding hydrogens is 268 g/mol. The summed E-state index contributed by atoms with van der Waals surface area (Å²) in [5.74, 6) is 0. The number of rotatable bonds is 3. The van der Waals surface area contributed by atoms with Gasteiger partial charge in [0, 0.05) is 12.4 Å². The van der Waals surface area contributed by atoms with Crippen LogP contribution in [0.1, 0.15) is 13.8 Å². The van der Waals surface area contributed by atoms with Crippen LogP contribution in [0.3, 0.4) is 0 Å². The summed E-state index contributed by atoms with van der Waals surface area (Å²) in [4.78, 5) is 29.0. The van der Waals surface area contributed by atoms with Gasteiger partial charge in [-0.2, -0.15) is 0 Å². The molecule has 0 amide bonds. The number of hydrogen-bond donors (Lipinski definition) is 2. The lowest BCUT2D eigenvalue weighted by Gasteiger charge is -1.98. The largest absolute Gasteiger partial charge is 0.328 e. The Morgan fingerprint density at radius 3 is 1.56 bits per heavy atom. The number of aromatic amines is 2. The summed E-state index contributed by atoms with van der Waals surface area (Å²) in [6.45, 7) is 4.00. The Morgan fingerprint density at radius 1 is 0.833 bits per heavy atom. The lowest BCUT2D eigenvalue weighted by atomic mass is 10.5. The molecule has 0 fully saturated rings. The SMILES string of the molecule is CC.O=c1[nH]cccc1SSc1ccc[nH]c1=O. The van der Waals surface area contributed by atoms with Crippen molar-refractivity contribution < 1.29 is 0 Å². The van der Waals surface area contributed by atoms with E-state index in [1.165, 1.54) is 21.6 Å². The van der Waals surface area contributed by atoms with E-state index in [0.717, 1.165) is 0 Å². The van der Waals surface area contributed by atoms with E-state index in [-0.39, 0.29) is 11.1 Å². The van der Waals surface area contributed by atoms with E-state index in [1.54, 1.807) is 36.7 Å². The van der Waals surface area contributed by atoms with Gasteiger partial charge >= 0.3 is 0 Å². The van der Waals surface area contributed by atoms with Crippen LogP contribution in [-0.2, 0) is 0 Å². The molecule has 0 atom stereocenters. The first-order valence-electron chi connectivity index (χ1n) is 5.47. The van der Waals surface area contributed by atoms with E-state index in [9.17, 15) is 9.59 Å². The first-order valence-corrected chi connectivity index (χ1v) is 7.62. The Bertz CT molecular complexity index is 539. The third-order valence-electron chi connectivity index (χ3n) is 1.79. The van der Waals surface area contributed by atoms with Gasteiger partial charge in [-0.15, -0.1) is 0 Å². The zero-order valence-corrected chi connectivity index (χ0v) is 11.7. The van der Waals surface area contributed by atoms with Crippen LogP contribution >= 0.6 is 21.6 Å². The van der Waals surface area contributed by atoms with Crippen molar-refractivity contribution in [2.24, 2.45) is 0 Å². The number of hydrogen-bond acceptors (Lipinski definition) is 4. The molecule has 0 bridgehead atoms. The molecule has 0 aliphatic heterocycles. The van der Waals surface area contributed by atoms with Crippen LogP contribution in [0.15, 0.2) is 56.0 Å². The van der Waals surface area contributed by atoms with Gasteiger partial charge in [0.05, 0.1) is 9.79 Å². The zero-order chi connectivity index (χ0) is 13.4. The molecule has 18 heavy (non-hydrogen) atoms. The second-order valence-electron chi connectivity index (χ2n) is 2.89. The van der Waals surface area contributed by atoms with Crippen LogP contribution in [0.25, 0.3) is 0 Å². The summed E-state index contributed by atoms with van der Waals surface area (Å²) in [6.07, 6.45) is 3.15. The lowest BCUT2D eigenvalue weighted by Crippen LogP contribution is -2.07. The first-order chi connectivity index (χ1) is 8.77. The Morgan fingerprint density at radius 2 is 1.22 bits per heavy atom. The van der Waals surface area contributed by atoms with E-state index in [0.29, 0.717) is 9.79 Å². The van der Waals surface area contributed by atoms with E-state index in [1.807, 2.05) is 13.8 Å². The number of aromatic nitrogens is 2. The van der Waals surface area contributed by atoms with Crippen LogP contribution < -0.4 is 11.1 Å². The molecule has 0 aliphatic carbocycles. The Balaban J connectivity index is 0.000000771. The second kappa shape index (κ2) is 7.84. The van der Waals surface area contributed by atoms with E-state index in [2.05, 4.69) is 9.97 Å². The van der Waals surface area contributed by atoms with Crippen molar-refractivity contribution in [1.82, 2.24) is 9.97 Å². The molecule has 2 aromatic rings. The summed E-state index contributed by atoms with van der Waals surface area (Å²) < 4.78 is 0. The maximum atomic E-state index is 11.3. The number of pyridine rings is 2. The molecule has 2 heterocycles. The highest BCUT2D eigenvalue weighted by Crippen LogP contribution is 2.33. The van der Waals surface area contributed by atoms with Gasteiger partial charge in [0.2, 0.25) is 0 Å². The highest BCUT2D eigenvalue weighted by molar-refractivity contribution is 8.76. The van der Waals surface area contributed by atoms with Crippen LogP contribution in [-0.4, -0.2) is 9.97 Å². The monoisotopic (exact) mass is 282 g/mol.